The van der Waals surface area contributed by atoms with Crippen molar-refractivity contribution in [1.82, 2.24) is 4.98 Å². The van der Waals surface area contributed by atoms with Gasteiger partial charge in [-0.25, -0.2) is 9.78 Å². The van der Waals surface area contributed by atoms with Crippen LogP contribution in [0.1, 0.15) is 12.6 Å². The van der Waals surface area contributed by atoms with Crippen LogP contribution in [0.4, 0.5) is 0 Å². The van der Waals surface area contributed by atoms with Crippen LogP contribution in [0.3, 0.4) is 0 Å². The first-order chi connectivity index (χ1) is 10.1. The van der Waals surface area contributed by atoms with Crippen molar-refractivity contribution in [2.45, 2.75) is 13.8 Å². The lowest BCUT2D eigenvalue weighted by atomic mass is 10.2. The molecule has 0 unspecified atom stereocenters. The zero-order valence-corrected chi connectivity index (χ0v) is 13.1. The first-order valence-corrected chi connectivity index (χ1v) is 7.38. The summed E-state index contributed by atoms with van der Waals surface area (Å²) in [4.78, 5) is 15.6. The van der Waals surface area contributed by atoms with Crippen LogP contribution in [0, 0.1) is 6.92 Å². The number of benzene rings is 1. The number of esters is 1. The molecule has 2 aromatic rings. The maximum Gasteiger partial charge on any atom is 0.333 e. The van der Waals surface area contributed by atoms with Gasteiger partial charge in [0.05, 0.1) is 7.11 Å². The molecule has 110 valence electrons. The molecule has 0 aliphatic heterocycles. The predicted molar refractivity (Wildman–Crippen MR) is 83.6 cm³/mol. The van der Waals surface area contributed by atoms with E-state index in [4.69, 9.17) is 4.74 Å². The van der Waals surface area contributed by atoms with E-state index >= 15 is 0 Å². The van der Waals surface area contributed by atoms with E-state index in [9.17, 15) is 4.79 Å². The third kappa shape index (κ3) is 4.16. The summed E-state index contributed by atoms with van der Waals surface area (Å²) in [7, 11) is 1.36. The molecule has 5 heteroatoms. The number of rotatable bonds is 5. The Balaban J connectivity index is 1.95. The van der Waals surface area contributed by atoms with E-state index in [0.29, 0.717) is 12.2 Å². The second-order valence-corrected chi connectivity index (χ2v) is 5.37. The van der Waals surface area contributed by atoms with Crippen LogP contribution in [-0.2, 0) is 9.53 Å². The van der Waals surface area contributed by atoms with E-state index in [2.05, 4.69) is 9.72 Å². The Bertz CT molecular complexity index is 644. The van der Waals surface area contributed by atoms with Gasteiger partial charge in [-0.05, 0) is 44.2 Å². The number of hydrogen-bond acceptors (Lipinski definition) is 5. The molecule has 0 saturated heterocycles. The fourth-order valence-electron chi connectivity index (χ4n) is 1.69. The molecule has 0 amide bonds. The highest BCUT2D eigenvalue weighted by Crippen LogP contribution is 2.25. The minimum absolute atomic E-state index is 0.330. The van der Waals surface area contributed by atoms with Crippen LogP contribution in [-0.4, -0.2) is 24.7 Å². The lowest BCUT2D eigenvalue weighted by Gasteiger charge is -2.05. The van der Waals surface area contributed by atoms with E-state index in [1.54, 1.807) is 24.3 Å². The second kappa shape index (κ2) is 7.04. The Morgan fingerprint density at radius 2 is 2.05 bits per heavy atom. The minimum Gasteiger partial charge on any atom is -0.490 e. The molecule has 0 radical (unpaired) electrons. The van der Waals surface area contributed by atoms with Gasteiger partial charge >= 0.3 is 5.97 Å². The monoisotopic (exact) mass is 303 g/mol. The van der Waals surface area contributed by atoms with Gasteiger partial charge < -0.3 is 9.47 Å². The lowest BCUT2D eigenvalue weighted by molar-refractivity contribution is -0.136. The molecule has 0 spiro atoms. The smallest absolute Gasteiger partial charge is 0.333 e. The molecule has 0 saturated carbocycles. The highest BCUT2D eigenvalue weighted by Gasteiger charge is 2.04. The Morgan fingerprint density at radius 3 is 2.62 bits per heavy atom. The zero-order valence-electron chi connectivity index (χ0n) is 12.3. The molecule has 0 N–H and O–H groups in total. The first-order valence-electron chi connectivity index (χ1n) is 6.50. The van der Waals surface area contributed by atoms with E-state index < -0.39 is 0 Å². The average Bonchev–Trinajstić information content (AvgIpc) is 2.93. The molecule has 0 bridgehead atoms. The van der Waals surface area contributed by atoms with Crippen molar-refractivity contribution in [1.29, 1.82) is 0 Å². The molecule has 0 aliphatic carbocycles. The molecular formula is C16H17NO3S. The topological polar surface area (TPSA) is 48.4 Å². The average molecular weight is 303 g/mol. The second-order valence-electron chi connectivity index (χ2n) is 4.51. The van der Waals surface area contributed by atoms with E-state index in [0.717, 1.165) is 22.0 Å². The standard InChI is InChI=1S/C16H17NO3S/c1-11(16(18)19-3)8-9-20-14-6-4-13(5-7-14)15-17-12(2)10-21-15/h4-8,10H,9H2,1-3H3. The van der Waals surface area contributed by atoms with Crippen LogP contribution >= 0.6 is 11.3 Å². The molecule has 21 heavy (non-hydrogen) atoms. The summed E-state index contributed by atoms with van der Waals surface area (Å²) in [5, 5.41) is 3.03. The van der Waals surface area contributed by atoms with E-state index in [-0.39, 0.29) is 5.97 Å². The number of carbonyl (C=O) groups is 1. The third-order valence-electron chi connectivity index (χ3n) is 2.87. The number of hydrogen-bond donors (Lipinski definition) is 0. The first kappa shape index (κ1) is 15.3. The van der Waals surface area contributed by atoms with Gasteiger partial charge in [0.15, 0.2) is 0 Å². The molecule has 0 aliphatic rings. The summed E-state index contributed by atoms with van der Waals surface area (Å²) in [5.41, 5.74) is 2.63. The fraction of sp³-hybridized carbons (Fsp3) is 0.250. The Labute approximate surface area is 128 Å². The van der Waals surface area contributed by atoms with Gasteiger partial charge in [0.2, 0.25) is 0 Å². The summed E-state index contributed by atoms with van der Waals surface area (Å²) >= 11 is 1.62. The Hall–Kier alpha value is -2.14. The highest BCUT2D eigenvalue weighted by atomic mass is 32.1. The van der Waals surface area contributed by atoms with Gasteiger partial charge in [0, 0.05) is 22.2 Å². The molecule has 2 rings (SSSR count). The molecule has 1 heterocycles. The van der Waals surface area contributed by atoms with Crippen molar-refractivity contribution in [2.75, 3.05) is 13.7 Å². The van der Waals surface area contributed by atoms with Crippen LogP contribution in [0.15, 0.2) is 41.3 Å². The molecule has 4 nitrogen and oxygen atoms in total. The zero-order chi connectivity index (χ0) is 15.2. The lowest BCUT2D eigenvalue weighted by Crippen LogP contribution is -2.04. The van der Waals surface area contributed by atoms with E-state index in [1.807, 2.05) is 36.6 Å². The van der Waals surface area contributed by atoms with Crippen molar-refractivity contribution in [3.8, 4) is 16.3 Å². The van der Waals surface area contributed by atoms with Crippen molar-refractivity contribution >= 4 is 17.3 Å². The van der Waals surface area contributed by atoms with Crippen LogP contribution < -0.4 is 4.74 Å². The summed E-state index contributed by atoms with van der Waals surface area (Å²) in [6.07, 6.45) is 1.70. The SMILES string of the molecule is COC(=O)C(C)=CCOc1ccc(-c2nc(C)cs2)cc1. The maximum atomic E-state index is 11.2. The maximum absolute atomic E-state index is 11.2. The van der Waals surface area contributed by atoms with Crippen molar-refractivity contribution in [2.24, 2.45) is 0 Å². The van der Waals surface area contributed by atoms with Crippen molar-refractivity contribution in [3.05, 3.63) is 47.0 Å². The van der Waals surface area contributed by atoms with Gasteiger partial charge in [-0.1, -0.05) is 0 Å². The molecular weight excluding hydrogens is 286 g/mol. The quantitative estimate of drug-likeness (QED) is 0.625. The third-order valence-corrected chi connectivity index (χ3v) is 3.88. The summed E-state index contributed by atoms with van der Waals surface area (Å²) in [6, 6.07) is 7.75. The summed E-state index contributed by atoms with van der Waals surface area (Å²) in [6.45, 7) is 4.01. The van der Waals surface area contributed by atoms with E-state index in [1.165, 1.54) is 7.11 Å². The highest BCUT2D eigenvalue weighted by molar-refractivity contribution is 7.13. The fourth-order valence-corrected chi connectivity index (χ4v) is 2.49. The molecule has 0 fully saturated rings. The van der Waals surface area contributed by atoms with Gasteiger partial charge in [-0.15, -0.1) is 11.3 Å². The van der Waals surface area contributed by atoms with Gasteiger partial charge in [0.25, 0.3) is 0 Å². The normalized spacial score (nSPS) is 11.3. The number of ether oxygens (including phenoxy) is 2. The van der Waals surface area contributed by atoms with Gasteiger partial charge in [0.1, 0.15) is 17.4 Å². The predicted octanol–water partition coefficient (Wildman–Crippen LogP) is 3.62. The van der Waals surface area contributed by atoms with Crippen LogP contribution in [0.25, 0.3) is 10.6 Å². The molecule has 1 aromatic carbocycles. The Morgan fingerprint density at radius 1 is 1.33 bits per heavy atom. The number of carbonyl (C=O) groups excluding carboxylic acids is 1. The Kier molecular flexibility index (Phi) is 5.11. The number of nitrogens with zero attached hydrogens (tertiary/aromatic N) is 1. The largest absolute Gasteiger partial charge is 0.490 e. The van der Waals surface area contributed by atoms with Gasteiger partial charge in [-0.3, -0.25) is 0 Å². The van der Waals surface area contributed by atoms with Gasteiger partial charge in [-0.2, -0.15) is 0 Å². The minimum atomic E-state index is -0.340. The summed E-state index contributed by atoms with van der Waals surface area (Å²) in [5.74, 6) is 0.411. The molecule has 1 aromatic heterocycles. The van der Waals surface area contributed by atoms with Crippen LogP contribution in [0.5, 0.6) is 5.75 Å². The number of aryl methyl sites for hydroxylation is 1. The van der Waals surface area contributed by atoms with Crippen molar-refractivity contribution < 1.29 is 14.3 Å². The number of methoxy groups -OCH3 is 1. The van der Waals surface area contributed by atoms with Crippen molar-refractivity contribution in [3.63, 3.8) is 0 Å². The number of thiazole rings is 1. The summed E-state index contributed by atoms with van der Waals surface area (Å²) < 4.78 is 10.2. The number of aromatic nitrogens is 1. The van der Waals surface area contributed by atoms with Crippen LogP contribution in [0.2, 0.25) is 0 Å². The molecule has 0 atom stereocenters.